The van der Waals surface area contributed by atoms with Crippen LogP contribution in [-0.4, -0.2) is 17.5 Å². The molecule has 9 heavy (non-hydrogen) atoms. The molecule has 0 bridgehead atoms. The summed E-state index contributed by atoms with van der Waals surface area (Å²) in [6.07, 6.45) is 5.86. The lowest BCUT2D eigenvalue weighted by atomic mass is 10.1. The van der Waals surface area contributed by atoms with Crippen LogP contribution in [0, 0.1) is 11.5 Å². The summed E-state index contributed by atoms with van der Waals surface area (Å²) in [7, 11) is 0. The molecule has 0 amide bonds. The van der Waals surface area contributed by atoms with Gasteiger partial charge in [0.1, 0.15) is 0 Å². The molecule has 0 unspecified atom stereocenters. The Bertz CT molecular complexity index is 125. The molecular formula is C7H12N2. The molecule has 1 aliphatic rings. The maximum Gasteiger partial charge on any atom is 0.179 e. The van der Waals surface area contributed by atoms with E-state index in [2.05, 4.69) is 13.1 Å². The van der Waals surface area contributed by atoms with E-state index in [0.29, 0.717) is 6.04 Å². The number of piperidine rings is 1. The standard InChI is InChI=1S/C7H12N2/c1-7-4-2-3-5-9(7)6-8/h7H,2-5H2,1H3/t7-/m0/s1. The van der Waals surface area contributed by atoms with E-state index in [1.807, 2.05) is 4.90 Å². The Morgan fingerprint density at radius 3 is 2.78 bits per heavy atom. The van der Waals surface area contributed by atoms with Gasteiger partial charge in [-0.2, -0.15) is 5.26 Å². The van der Waals surface area contributed by atoms with E-state index < -0.39 is 0 Å². The molecule has 0 aliphatic carbocycles. The first-order valence-electron chi connectivity index (χ1n) is 3.51. The average Bonchev–Trinajstić information content (AvgIpc) is 1.89. The Morgan fingerprint density at radius 1 is 1.56 bits per heavy atom. The molecule has 0 saturated carbocycles. The third-order valence-electron chi connectivity index (χ3n) is 1.93. The SMILES string of the molecule is C[C@H]1CCCCN1C#N. The Kier molecular flexibility index (Phi) is 1.94. The number of likely N-dealkylation sites (tertiary alicyclic amines) is 1. The van der Waals surface area contributed by atoms with Gasteiger partial charge in [-0.1, -0.05) is 0 Å². The lowest BCUT2D eigenvalue weighted by molar-refractivity contribution is 0.240. The fraction of sp³-hybridized carbons (Fsp3) is 0.857. The molecule has 1 aliphatic heterocycles. The second-order valence-electron chi connectivity index (χ2n) is 2.64. The lowest BCUT2D eigenvalue weighted by Crippen LogP contribution is -2.33. The van der Waals surface area contributed by atoms with Gasteiger partial charge in [-0.3, -0.25) is 0 Å². The number of nitrogens with zero attached hydrogens (tertiary/aromatic N) is 2. The predicted octanol–water partition coefficient (Wildman–Crippen LogP) is 1.34. The minimum absolute atomic E-state index is 0.490. The summed E-state index contributed by atoms with van der Waals surface area (Å²) in [5.74, 6) is 0. The smallest absolute Gasteiger partial charge is 0.179 e. The van der Waals surface area contributed by atoms with Gasteiger partial charge in [-0.15, -0.1) is 0 Å². The van der Waals surface area contributed by atoms with Crippen molar-refractivity contribution in [3.8, 4) is 6.19 Å². The third-order valence-corrected chi connectivity index (χ3v) is 1.93. The van der Waals surface area contributed by atoms with Crippen molar-refractivity contribution in [2.24, 2.45) is 0 Å². The van der Waals surface area contributed by atoms with E-state index in [1.165, 1.54) is 19.3 Å². The van der Waals surface area contributed by atoms with E-state index in [0.717, 1.165) is 6.54 Å². The Labute approximate surface area is 56.1 Å². The zero-order chi connectivity index (χ0) is 6.69. The second kappa shape index (κ2) is 2.72. The maximum absolute atomic E-state index is 8.54. The topological polar surface area (TPSA) is 27.0 Å². The number of hydrogen-bond donors (Lipinski definition) is 0. The van der Waals surface area contributed by atoms with Crippen LogP contribution in [0.15, 0.2) is 0 Å². The van der Waals surface area contributed by atoms with Crippen molar-refractivity contribution in [3.05, 3.63) is 0 Å². The fourth-order valence-electron chi connectivity index (χ4n) is 1.25. The van der Waals surface area contributed by atoms with Crippen LogP contribution in [0.1, 0.15) is 26.2 Å². The Balaban J connectivity index is 2.41. The van der Waals surface area contributed by atoms with Gasteiger partial charge in [0.15, 0.2) is 6.19 Å². The monoisotopic (exact) mass is 124 g/mol. The van der Waals surface area contributed by atoms with Gasteiger partial charge in [0, 0.05) is 12.6 Å². The number of rotatable bonds is 0. The highest BCUT2D eigenvalue weighted by molar-refractivity contribution is 4.82. The van der Waals surface area contributed by atoms with E-state index >= 15 is 0 Å². The van der Waals surface area contributed by atoms with Crippen molar-refractivity contribution < 1.29 is 0 Å². The minimum atomic E-state index is 0.490. The van der Waals surface area contributed by atoms with E-state index in [9.17, 15) is 0 Å². The van der Waals surface area contributed by atoms with E-state index in [4.69, 9.17) is 5.26 Å². The summed E-state index contributed by atoms with van der Waals surface area (Å²) >= 11 is 0. The second-order valence-corrected chi connectivity index (χ2v) is 2.64. The molecule has 0 aromatic carbocycles. The molecule has 0 spiro atoms. The highest BCUT2D eigenvalue weighted by Gasteiger charge is 2.15. The van der Waals surface area contributed by atoms with Crippen molar-refractivity contribution in [1.29, 1.82) is 5.26 Å². The van der Waals surface area contributed by atoms with Crippen LogP contribution in [0.25, 0.3) is 0 Å². The largest absolute Gasteiger partial charge is 0.308 e. The summed E-state index contributed by atoms with van der Waals surface area (Å²) in [4.78, 5) is 1.86. The van der Waals surface area contributed by atoms with E-state index in [-0.39, 0.29) is 0 Å². The van der Waals surface area contributed by atoms with Crippen LogP contribution in [0.3, 0.4) is 0 Å². The van der Waals surface area contributed by atoms with Gasteiger partial charge >= 0.3 is 0 Å². The van der Waals surface area contributed by atoms with Gasteiger partial charge in [0.25, 0.3) is 0 Å². The summed E-state index contributed by atoms with van der Waals surface area (Å²) in [6.45, 7) is 3.08. The number of nitriles is 1. The fourth-order valence-corrected chi connectivity index (χ4v) is 1.25. The van der Waals surface area contributed by atoms with Crippen molar-refractivity contribution in [1.82, 2.24) is 4.90 Å². The van der Waals surface area contributed by atoms with Gasteiger partial charge in [-0.25, -0.2) is 0 Å². The first-order chi connectivity index (χ1) is 4.34. The molecule has 2 heteroatoms. The molecule has 0 N–H and O–H groups in total. The van der Waals surface area contributed by atoms with Crippen LogP contribution in [0.5, 0.6) is 0 Å². The summed E-state index contributed by atoms with van der Waals surface area (Å²) in [6, 6.07) is 0.490. The first-order valence-corrected chi connectivity index (χ1v) is 3.51. The van der Waals surface area contributed by atoms with Gasteiger partial charge < -0.3 is 4.90 Å². The third kappa shape index (κ3) is 1.35. The molecule has 1 heterocycles. The molecule has 0 aromatic heterocycles. The van der Waals surface area contributed by atoms with Gasteiger partial charge in [0.05, 0.1) is 0 Å². The van der Waals surface area contributed by atoms with E-state index in [1.54, 1.807) is 0 Å². The average molecular weight is 124 g/mol. The molecule has 1 rings (SSSR count). The van der Waals surface area contributed by atoms with Crippen LogP contribution in [0.4, 0.5) is 0 Å². The molecule has 1 fully saturated rings. The predicted molar refractivity (Wildman–Crippen MR) is 35.6 cm³/mol. The molecule has 1 atom stereocenters. The van der Waals surface area contributed by atoms with Gasteiger partial charge in [-0.05, 0) is 26.2 Å². The van der Waals surface area contributed by atoms with Crippen LogP contribution in [0.2, 0.25) is 0 Å². The quantitative estimate of drug-likeness (QED) is 0.456. The highest BCUT2D eigenvalue weighted by atomic mass is 15.1. The molecule has 50 valence electrons. The minimum Gasteiger partial charge on any atom is -0.308 e. The lowest BCUT2D eigenvalue weighted by Gasteiger charge is -2.27. The molecule has 0 radical (unpaired) electrons. The maximum atomic E-state index is 8.54. The zero-order valence-electron chi connectivity index (χ0n) is 5.80. The van der Waals surface area contributed by atoms with Crippen molar-refractivity contribution in [3.63, 3.8) is 0 Å². The molecule has 0 aromatic rings. The van der Waals surface area contributed by atoms with Crippen LogP contribution in [-0.2, 0) is 0 Å². The van der Waals surface area contributed by atoms with Gasteiger partial charge in [0.2, 0.25) is 0 Å². The van der Waals surface area contributed by atoms with Crippen LogP contribution < -0.4 is 0 Å². The Hall–Kier alpha value is -0.710. The summed E-state index contributed by atoms with van der Waals surface area (Å²) in [5.41, 5.74) is 0. The molecule has 1 saturated heterocycles. The number of hydrogen-bond acceptors (Lipinski definition) is 2. The summed E-state index contributed by atoms with van der Waals surface area (Å²) in [5, 5.41) is 8.54. The Morgan fingerprint density at radius 2 is 2.33 bits per heavy atom. The highest BCUT2D eigenvalue weighted by Crippen LogP contribution is 2.14. The normalized spacial score (nSPS) is 27.6. The molecule has 2 nitrogen and oxygen atoms in total. The summed E-state index contributed by atoms with van der Waals surface area (Å²) < 4.78 is 0. The van der Waals surface area contributed by atoms with Crippen molar-refractivity contribution in [2.45, 2.75) is 32.2 Å². The van der Waals surface area contributed by atoms with Crippen LogP contribution >= 0.6 is 0 Å². The van der Waals surface area contributed by atoms with Crippen molar-refractivity contribution in [2.75, 3.05) is 6.54 Å². The first kappa shape index (κ1) is 6.41. The molecular weight excluding hydrogens is 112 g/mol. The zero-order valence-corrected chi connectivity index (χ0v) is 5.80. The van der Waals surface area contributed by atoms with Crippen molar-refractivity contribution >= 4 is 0 Å².